The number of aryl methyl sites for hydroxylation is 2. The highest BCUT2D eigenvalue weighted by Crippen LogP contribution is 2.46. The molecular weight excluding hydrogens is 330 g/mol. The highest BCUT2D eigenvalue weighted by atomic mass is 16.7. The maximum Gasteiger partial charge on any atom is 0.251 e. The molecule has 1 fully saturated rings. The molecule has 1 aliphatic heterocycles. The molecule has 2 aliphatic rings. The molecule has 0 saturated heterocycles. The van der Waals surface area contributed by atoms with Gasteiger partial charge < -0.3 is 14.8 Å². The first-order valence-electron chi connectivity index (χ1n) is 9.27. The minimum atomic E-state index is -0.493. The van der Waals surface area contributed by atoms with Gasteiger partial charge in [-0.3, -0.25) is 9.48 Å². The van der Waals surface area contributed by atoms with Crippen LogP contribution in [0.2, 0.25) is 0 Å². The second-order valence-corrected chi connectivity index (χ2v) is 7.33. The monoisotopic (exact) mass is 355 g/mol. The highest BCUT2D eigenvalue weighted by Gasteiger charge is 2.42. The normalized spacial score (nSPS) is 17.5. The van der Waals surface area contributed by atoms with E-state index in [1.165, 1.54) is 6.42 Å². The molecule has 0 atom stereocenters. The van der Waals surface area contributed by atoms with Crippen molar-refractivity contribution in [3.63, 3.8) is 0 Å². The van der Waals surface area contributed by atoms with Crippen LogP contribution < -0.4 is 14.8 Å². The molecule has 6 nitrogen and oxygen atoms in total. The molecule has 1 saturated carbocycles. The molecular formula is C20H25N3O3. The van der Waals surface area contributed by atoms with E-state index in [1.807, 2.05) is 43.8 Å². The van der Waals surface area contributed by atoms with Crippen LogP contribution in [0, 0.1) is 13.8 Å². The fourth-order valence-electron chi connectivity index (χ4n) is 3.91. The first-order valence-corrected chi connectivity index (χ1v) is 9.27. The lowest BCUT2D eigenvalue weighted by atomic mass is 9.94. The molecule has 1 N–H and O–H groups in total. The van der Waals surface area contributed by atoms with E-state index in [4.69, 9.17) is 9.47 Å². The minimum Gasteiger partial charge on any atom is -0.448 e. The van der Waals surface area contributed by atoms with Crippen LogP contribution in [0.3, 0.4) is 0 Å². The Bertz CT molecular complexity index is 850. The van der Waals surface area contributed by atoms with Crippen molar-refractivity contribution in [2.75, 3.05) is 5.32 Å². The summed E-state index contributed by atoms with van der Waals surface area (Å²) >= 11 is 0. The number of fused-ring (bicyclic) bond motifs is 1. The number of nitrogens with zero attached hydrogens (tertiary/aromatic N) is 2. The van der Waals surface area contributed by atoms with Gasteiger partial charge in [-0.2, -0.15) is 5.10 Å². The molecule has 1 aromatic heterocycles. The Labute approximate surface area is 153 Å². The molecule has 0 radical (unpaired) electrons. The average molecular weight is 355 g/mol. The highest BCUT2D eigenvalue weighted by molar-refractivity contribution is 5.92. The first-order chi connectivity index (χ1) is 12.5. The van der Waals surface area contributed by atoms with Crippen LogP contribution in [0.1, 0.15) is 49.1 Å². The van der Waals surface area contributed by atoms with Gasteiger partial charge in [-0.15, -0.1) is 0 Å². The van der Waals surface area contributed by atoms with E-state index in [0.29, 0.717) is 6.42 Å². The summed E-state index contributed by atoms with van der Waals surface area (Å²) < 4.78 is 14.0. The van der Waals surface area contributed by atoms with Crippen LogP contribution in [0.4, 0.5) is 5.69 Å². The van der Waals surface area contributed by atoms with Gasteiger partial charge in [-0.1, -0.05) is 6.42 Å². The first kappa shape index (κ1) is 16.9. The van der Waals surface area contributed by atoms with Crippen molar-refractivity contribution >= 4 is 11.6 Å². The average Bonchev–Trinajstić information content (AvgIpc) is 3.06. The Balaban J connectivity index is 1.45. The van der Waals surface area contributed by atoms with Crippen molar-refractivity contribution in [3.8, 4) is 11.5 Å². The molecule has 0 bridgehead atoms. The van der Waals surface area contributed by atoms with Gasteiger partial charge >= 0.3 is 0 Å². The topological polar surface area (TPSA) is 65.4 Å². The lowest BCUT2D eigenvalue weighted by Crippen LogP contribution is -2.40. The number of rotatable bonds is 3. The maximum absolute atomic E-state index is 12.5. The number of carbonyl (C=O) groups excluding carboxylic acids is 1. The Kier molecular flexibility index (Phi) is 4.13. The van der Waals surface area contributed by atoms with Crippen LogP contribution in [0.25, 0.3) is 0 Å². The lowest BCUT2D eigenvalue weighted by molar-refractivity contribution is -0.115. The molecule has 4 rings (SSSR count). The number of carbonyl (C=O) groups is 1. The summed E-state index contributed by atoms with van der Waals surface area (Å²) in [5, 5.41) is 7.33. The number of nitrogens with one attached hydrogen (secondary N) is 1. The van der Waals surface area contributed by atoms with Gasteiger partial charge in [-0.25, -0.2) is 0 Å². The van der Waals surface area contributed by atoms with E-state index in [9.17, 15) is 4.79 Å². The summed E-state index contributed by atoms with van der Waals surface area (Å²) in [5.41, 5.74) is 3.61. The zero-order valence-corrected chi connectivity index (χ0v) is 15.6. The summed E-state index contributed by atoms with van der Waals surface area (Å²) in [6.45, 7) is 3.91. The maximum atomic E-state index is 12.5. The van der Waals surface area contributed by atoms with Gasteiger partial charge in [0.2, 0.25) is 5.91 Å². The Morgan fingerprint density at radius 1 is 1.19 bits per heavy atom. The third-order valence-corrected chi connectivity index (χ3v) is 5.43. The molecule has 1 aromatic carbocycles. The fraction of sp³-hybridized carbons (Fsp3) is 0.500. The van der Waals surface area contributed by atoms with E-state index < -0.39 is 5.79 Å². The van der Waals surface area contributed by atoms with Crippen molar-refractivity contribution in [3.05, 3.63) is 35.2 Å². The van der Waals surface area contributed by atoms with Gasteiger partial charge in [0.25, 0.3) is 5.79 Å². The third-order valence-electron chi connectivity index (χ3n) is 5.43. The van der Waals surface area contributed by atoms with Gasteiger partial charge in [0.05, 0.1) is 12.1 Å². The summed E-state index contributed by atoms with van der Waals surface area (Å²) in [5.74, 6) is 0.936. The molecule has 138 valence electrons. The van der Waals surface area contributed by atoms with E-state index in [1.54, 1.807) is 0 Å². The number of aromatic nitrogens is 2. The van der Waals surface area contributed by atoms with Crippen LogP contribution in [0.15, 0.2) is 18.2 Å². The van der Waals surface area contributed by atoms with Gasteiger partial charge in [-0.05, 0) is 38.8 Å². The number of hydrogen-bond donors (Lipinski definition) is 1. The number of amides is 1. The number of ether oxygens (including phenoxy) is 2. The number of hydrogen-bond acceptors (Lipinski definition) is 4. The quantitative estimate of drug-likeness (QED) is 0.913. The standard InChI is InChI=1S/C20H25N3O3/c1-13-16(14(2)23(3)22-13)12-19(24)21-15-7-8-17-18(11-15)26-20(25-17)9-5-4-6-10-20/h7-8,11H,4-6,9-10,12H2,1-3H3,(H,21,24). The van der Waals surface area contributed by atoms with E-state index >= 15 is 0 Å². The van der Waals surface area contributed by atoms with Gasteiger partial charge in [0, 0.05) is 42.9 Å². The lowest BCUT2D eigenvalue weighted by Gasteiger charge is -2.31. The SMILES string of the molecule is Cc1nn(C)c(C)c1CC(=O)Nc1ccc2c(c1)OC1(CCCCC1)O2. The largest absolute Gasteiger partial charge is 0.448 e. The van der Waals surface area contributed by atoms with Crippen LogP contribution in [0.5, 0.6) is 11.5 Å². The molecule has 2 heterocycles. The summed E-state index contributed by atoms with van der Waals surface area (Å²) in [6, 6.07) is 5.61. The van der Waals surface area contributed by atoms with Crippen LogP contribution in [-0.4, -0.2) is 21.5 Å². The zero-order valence-electron chi connectivity index (χ0n) is 15.6. The molecule has 1 amide bonds. The summed E-state index contributed by atoms with van der Waals surface area (Å²) in [6.07, 6.45) is 5.64. The predicted octanol–water partition coefficient (Wildman–Crippen LogP) is 3.65. The van der Waals surface area contributed by atoms with Crippen molar-refractivity contribution < 1.29 is 14.3 Å². The number of anilines is 1. The predicted molar refractivity (Wildman–Crippen MR) is 98.5 cm³/mol. The van der Waals surface area contributed by atoms with E-state index in [2.05, 4.69) is 10.4 Å². The third kappa shape index (κ3) is 3.04. The molecule has 0 unspecified atom stereocenters. The van der Waals surface area contributed by atoms with Gasteiger partial charge in [0.15, 0.2) is 11.5 Å². The second-order valence-electron chi connectivity index (χ2n) is 7.33. The fourth-order valence-corrected chi connectivity index (χ4v) is 3.91. The molecule has 2 aromatic rings. The zero-order chi connectivity index (χ0) is 18.3. The van der Waals surface area contributed by atoms with Crippen molar-refractivity contribution in [2.45, 2.75) is 58.2 Å². The van der Waals surface area contributed by atoms with E-state index in [0.717, 1.165) is 59.8 Å². The smallest absolute Gasteiger partial charge is 0.251 e. The Morgan fingerprint density at radius 3 is 2.62 bits per heavy atom. The van der Waals surface area contributed by atoms with Crippen molar-refractivity contribution in [1.29, 1.82) is 0 Å². The summed E-state index contributed by atoms with van der Waals surface area (Å²) in [4.78, 5) is 12.5. The van der Waals surface area contributed by atoms with Crippen LogP contribution >= 0.6 is 0 Å². The van der Waals surface area contributed by atoms with Crippen molar-refractivity contribution in [1.82, 2.24) is 9.78 Å². The Hall–Kier alpha value is -2.50. The molecule has 26 heavy (non-hydrogen) atoms. The molecule has 6 heteroatoms. The number of benzene rings is 1. The summed E-state index contributed by atoms with van der Waals surface area (Å²) in [7, 11) is 1.89. The van der Waals surface area contributed by atoms with Crippen molar-refractivity contribution in [2.24, 2.45) is 7.05 Å². The van der Waals surface area contributed by atoms with Crippen LogP contribution in [-0.2, 0) is 18.3 Å². The van der Waals surface area contributed by atoms with E-state index in [-0.39, 0.29) is 5.91 Å². The minimum absolute atomic E-state index is 0.0598. The van der Waals surface area contributed by atoms with Gasteiger partial charge in [0.1, 0.15) is 0 Å². The Morgan fingerprint density at radius 2 is 1.92 bits per heavy atom. The second kappa shape index (κ2) is 6.34. The molecule has 1 spiro atoms. The molecule has 1 aliphatic carbocycles.